The van der Waals surface area contributed by atoms with Gasteiger partial charge in [0.15, 0.2) is 5.75 Å². The third kappa shape index (κ3) is 3.95. The van der Waals surface area contributed by atoms with Crippen molar-refractivity contribution in [1.82, 2.24) is 4.90 Å². The fourth-order valence-electron chi connectivity index (χ4n) is 3.11. The molecule has 2 heterocycles. The van der Waals surface area contributed by atoms with Crippen molar-refractivity contribution in [2.45, 2.75) is 13.0 Å². The summed E-state index contributed by atoms with van der Waals surface area (Å²) in [5, 5.41) is 5.12. The van der Waals surface area contributed by atoms with Crippen LogP contribution < -0.4 is 10.1 Å². The highest BCUT2D eigenvalue weighted by molar-refractivity contribution is 7.10. The molecule has 4 rings (SSSR count). The SMILES string of the molecule is O=C(CN1CCc2sccc2C1)Nc1ccccc1Oc1ccccc1. The highest BCUT2D eigenvalue weighted by Gasteiger charge is 2.19. The van der Waals surface area contributed by atoms with Crippen LogP contribution in [0, 0.1) is 0 Å². The maximum absolute atomic E-state index is 12.5. The van der Waals surface area contributed by atoms with Crippen LogP contribution in [0.1, 0.15) is 10.4 Å². The number of hydrogen-bond donors (Lipinski definition) is 1. The molecule has 0 unspecified atom stereocenters. The Morgan fingerprint density at radius 1 is 1.08 bits per heavy atom. The number of benzene rings is 2. The molecule has 2 aromatic carbocycles. The molecule has 1 aromatic heterocycles. The molecular formula is C21H20N2O2S. The largest absolute Gasteiger partial charge is 0.455 e. The normalized spacial score (nSPS) is 13.8. The summed E-state index contributed by atoms with van der Waals surface area (Å²) in [7, 11) is 0. The van der Waals surface area contributed by atoms with Gasteiger partial charge in [0.1, 0.15) is 5.75 Å². The van der Waals surface area contributed by atoms with Gasteiger partial charge in [0.05, 0.1) is 12.2 Å². The zero-order valence-electron chi connectivity index (χ0n) is 14.4. The van der Waals surface area contributed by atoms with E-state index in [-0.39, 0.29) is 5.91 Å². The first-order chi connectivity index (χ1) is 12.8. The molecule has 0 atom stereocenters. The number of ether oxygens (including phenoxy) is 1. The quantitative estimate of drug-likeness (QED) is 0.723. The highest BCUT2D eigenvalue weighted by Crippen LogP contribution is 2.29. The molecule has 1 aliphatic rings. The lowest BCUT2D eigenvalue weighted by Crippen LogP contribution is -2.36. The van der Waals surface area contributed by atoms with Crippen LogP contribution in [0.2, 0.25) is 0 Å². The maximum atomic E-state index is 12.5. The molecule has 3 aromatic rings. The van der Waals surface area contributed by atoms with Crippen LogP contribution in [0.25, 0.3) is 0 Å². The van der Waals surface area contributed by atoms with Gasteiger partial charge in [0.25, 0.3) is 0 Å². The minimum atomic E-state index is -0.0206. The van der Waals surface area contributed by atoms with E-state index in [1.165, 1.54) is 10.4 Å². The summed E-state index contributed by atoms with van der Waals surface area (Å²) < 4.78 is 5.91. The lowest BCUT2D eigenvalue weighted by Gasteiger charge is -2.26. The fourth-order valence-corrected chi connectivity index (χ4v) is 4.00. The number of hydrogen-bond acceptors (Lipinski definition) is 4. The van der Waals surface area contributed by atoms with Gasteiger partial charge in [-0.05, 0) is 47.7 Å². The smallest absolute Gasteiger partial charge is 0.238 e. The molecule has 132 valence electrons. The van der Waals surface area contributed by atoms with Crippen molar-refractivity contribution in [3.8, 4) is 11.5 Å². The predicted octanol–water partition coefficient (Wildman–Crippen LogP) is 4.54. The third-order valence-corrected chi connectivity index (χ3v) is 5.41. The van der Waals surface area contributed by atoms with Crippen LogP contribution in [0.4, 0.5) is 5.69 Å². The summed E-state index contributed by atoms with van der Waals surface area (Å²) in [6, 6.07) is 19.3. The molecule has 0 saturated heterocycles. The van der Waals surface area contributed by atoms with Gasteiger partial charge < -0.3 is 10.1 Å². The number of para-hydroxylation sites is 3. The van der Waals surface area contributed by atoms with Gasteiger partial charge in [-0.1, -0.05) is 30.3 Å². The molecule has 1 amide bonds. The molecule has 1 N–H and O–H groups in total. The first-order valence-electron chi connectivity index (χ1n) is 8.67. The lowest BCUT2D eigenvalue weighted by molar-refractivity contribution is -0.117. The van der Waals surface area contributed by atoms with Crippen molar-refractivity contribution in [2.24, 2.45) is 0 Å². The fraction of sp³-hybridized carbons (Fsp3) is 0.190. The van der Waals surface area contributed by atoms with Gasteiger partial charge in [0.2, 0.25) is 5.91 Å². The summed E-state index contributed by atoms with van der Waals surface area (Å²) in [6.07, 6.45) is 1.02. The van der Waals surface area contributed by atoms with Crippen molar-refractivity contribution < 1.29 is 9.53 Å². The monoisotopic (exact) mass is 364 g/mol. The molecule has 0 fully saturated rings. The number of thiophene rings is 1. The highest BCUT2D eigenvalue weighted by atomic mass is 32.1. The molecule has 0 saturated carbocycles. The van der Waals surface area contributed by atoms with E-state index in [9.17, 15) is 4.79 Å². The molecule has 0 bridgehead atoms. The number of nitrogens with zero attached hydrogens (tertiary/aromatic N) is 1. The predicted molar refractivity (Wildman–Crippen MR) is 105 cm³/mol. The van der Waals surface area contributed by atoms with E-state index >= 15 is 0 Å². The van der Waals surface area contributed by atoms with Gasteiger partial charge in [-0.25, -0.2) is 0 Å². The van der Waals surface area contributed by atoms with Gasteiger partial charge in [-0.3, -0.25) is 9.69 Å². The summed E-state index contributed by atoms with van der Waals surface area (Å²) >= 11 is 1.81. The van der Waals surface area contributed by atoms with Gasteiger partial charge in [0, 0.05) is 18.0 Å². The second-order valence-electron chi connectivity index (χ2n) is 6.29. The van der Waals surface area contributed by atoms with Crippen LogP contribution >= 0.6 is 11.3 Å². The second kappa shape index (κ2) is 7.72. The zero-order chi connectivity index (χ0) is 17.8. The summed E-state index contributed by atoms with van der Waals surface area (Å²) in [5.41, 5.74) is 2.04. The Balaban J connectivity index is 1.40. The average molecular weight is 364 g/mol. The number of carbonyl (C=O) groups excluding carboxylic acids is 1. The molecule has 26 heavy (non-hydrogen) atoms. The minimum Gasteiger partial charge on any atom is -0.455 e. The van der Waals surface area contributed by atoms with Crippen LogP contribution in [0.15, 0.2) is 66.0 Å². The van der Waals surface area contributed by atoms with E-state index in [1.807, 2.05) is 65.9 Å². The maximum Gasteiger partial charge on any atom is 0.238 e. The molecule has 0 aliphatic carbocycles. The second-order valence-corrected chi connectivity index (χ2v) is 7.29. The summed E-state index contributed by atoms with van der Waals surface area (Å²) in [4.78, 5) is 16.2. The Hall–Kier alpha value is -2.63. The molecule has 4 nitrogen and oxygen atoms in total. The average Bonchev–Trinajstić information content (AvgIpc) is 3.12. The third-order valence-electron chi connectivity index (χ3n) is 4.39. The molecule has 1 aliphatic heterocycles. The molecular weight excluding hydrogens is 344 g/mol. The van der Waals surface area contributed by atoms with E-state index < -0.39 is 0 Å². The van der Waals surface area contributed by atoms with E-state index in [2.05, 4.69) is 21.7 Å². The number of nitrogens with one attached hydrogen (secondary N) is 1. The van der Waals surface area contributed by atoms with Crippen molar-refractivity contribution >= 4 is 22.9 Å². The van der Waals surface area contributed by atoms with Crippen LogP contribution in [0.5, 0.6) is 11.5 Å². The number of carbonyl (C=O) groups is 1. The number of rotatable bonds is 5. The van der Waals surface area contributed by atoms with Gasteiger partial charge in [-0.2, -0.15) is 0 Å². The Morgan fingerprint density at radius 2 is 1.88 bits per heavy atom. The molecule has 5 heteroatoms. The first kappa shape index (κ1) is 16.8. The number of fused-ring (bicyclic) bond motifs is 1. The zero-order valence-corrected chi connectivity index (χ0v) is 15.2. The Labute approximate surface area is 157 Å². The van der Waals surface area contributed by atoms with E-state index in [4.69, 9.17) is 4.74 Å². The Morgan fingerprint density at radius 3 is 2.77 bits per heavy atom. The molecule has 0 spiro atoms. The van der Waals surface area contributed by atoms with Gasteiger partial charge in [-0.15, -0.1) is 11.3 Å². The number of amides is 1. The van der Waals surface area contributed by atoms with Crippen molar-refractivity contribution in [2.75, 3.05) is 18.4 Å². The van der Waals surface area contributed by atoms with Crippen molar-refractivity contribution in [3.63, 3.8) is 0 Å². The standard InChI is InChI=1S/C21H20N2O2S/c24-21(15-23-12-10-20-16(14-23)11-13-26-20)22-18-8-4-5-9-19(18)25-17-6-2-1-3-7-17/h1-9,11,13H,10,12,14-15H2,(H,22,24). The van der Waals surface area contributed by atoms with Crippen molar-refractivity contribution in [3.05, 3.63) is 76.5 Å². The lowest BCUT2D eigenvalue weighted by atomic mass is 10.1. The van der Waals surface area contributed by atoms with E-state index in [0.717, 1.165) is 25.3 Å². The Kier molecular flexibility index (Phi) is 5.00. The number of anilines is 1. The van der Waals surface area contributed by atoms with Crippen LogP contribution in [0.3, 0.4) is 0 Å². The van der Waals surface area contributed by atoms with Crippen LogP contribution in [-0.2, 0) is 17.8 Å². The van der Waals surface area contributed by atoms with Crippen molar-refractivity contribution in [1.29, 1.82) is 0 Å². The van der Waals surface area contributed by atoms with E-state index in [0.29, 0.717) is 18.0 Å². The topological polar surface area (TPSA) is 41.6 Å². The summed E-state index contributed by atoms with van der Waals surface area (Å²) in [6.45, 7) is 2.15. The molecule has 0 radical (unpaired) electrons. The first-order valence-corrected chi connectivity index (χ1v) is 9.55. The van der Waals surface area contributed by atoms with Crippen LogP contribution in [-0.4, -0.2) is 23.9 Å². The summed E-state index contributed by atoms with van der Waals surface area (Å²) in [5.74, 6) is 1.37. The Bertz CT molecular complexity index is 892. The minimum absolute atomic E-state index is 0.0206. The van der Waals surface area contributed by atoms with E-state index in [1.54, 1.807) is 0 Å². The van der Waals surface area contributed by atoms with Gasteiger partial charge >= 0.3 is 0 Å².